The number of amides is 1. The lowest BCUT2D eigenvalue weighted by atomic mass is 9.93. The van der Waals surface area contributed by atoms with Gasteiger partial charge in [0, 0.05) is 5.92 Å². The lowest BCUT2D eigenvalue weighted by Gasteiger charge is -2.19. The first-order valence-electron chi connectivity index (χ1n) is 7.19. The summed E-state index contributed by atoms with van der Waals surface area (Å²) in [6, 6.07) is -0.810. The Morgan fingerprint density at radius 2 is 2.00 bits per heavy atom. The van der Waals surface area contributed by atoms with E-state index >= 15 is 0 Å². The Kier molecular flexibility index (Phi) is 6.60. The zero-order chi connectivity index (χ0) is 14.3. The van der Waals surface area contributed by atoms with Crippen LogP contribution in [0.5, 0.6) is 0 Å². The molecule has 4 nitrogen and oxygen atoms in total. The molecule has 1 aliphatic carbocycles. The summed E-state index contributed by atoms with van der Waals surface area (Å²) in [6.07, 6.45) is 9.72. The van der Waals surface area contributed by atoms with Crippen LogP contribution in [0.25, 0.3) is 0 Å². The third-order valence-electron chi connectivity index (χ3n) is 3.83. The van der Waals surface area contributed by atoms with E-state index in [1.54, 1.807) is 12.2 Å². The summed E-state index contributed by atoms with van der Waals surface area (Å²) in [5.74, 6) is -0.571. The normalized spacial score (nSPS) is 19.5. The lowest BCUT2D eigenvalue weighted by Crippen LogP contribution is -2.43. The smallest absolute Gasteiger partial charge is 0.326 e. The van der Waals surface area contributed by atoms with Crippen LogP contribution in [-0.2, 0) is 9.59 Å². The van der Waals surface area contributed by atoms with E-state index in [2.05, 4.69) is 5.32 Å². The Balaban J connectivity index is 2.43. The Morgan fingerprint density at radius 1 is 1.37 bits per heavy atom. The Hall–Kier alpha value is -1.32. The number of aliphatic carboxylic acids is 1. The second-order valence-electron chi connectivity index (χ2n) is 5.49. The molecule has 0 aliphatic heterocycles. The first-order valence-corrected chi connectivity index (χ1v) is 7.19. The zero-order valence-corrected chi connectivity index (χ0v) is 11.9. The van der Waals surface area contributed by atoms with Crippen molar-refractivity contribution < 1.29 is 14.7 Å². The average molecular weight is 267 g/mol. The van der Waals surface area contributed by atoms with Gasteiger partial charge in [-0.3, -0.25) is 4.79 Å². The summed E-state index contributed by atoms with van der Waals surface area (Å²) in [5.41, 5.74) is 0. The standard InChI is InChI=1S/C15H25NO3/c1-3-4-9-13(15(18)19)16-14(17)11(2)10-12-7-5-6-8-12/h3-4,11-13H,5-10H2,1-2H3,(H,16,17)(H,18,19)/b4-3+. The number of nitrogens with one attached hydrogen (secondary N) is 1. The molecule has 0 radical (unpaired) electrons. The number of carbonyl (C=O) groups is 2. The van der Waals surface area contributed by atoms with E-state index in [0.29, 0.717) is 12.3 Å². The van der Waals surface area contributed by atoms with Gasteiger partial charge in [-0.2, -0.15) is 0 Å². The minimum atomic E-state index is -0.973. The highest BCUT2D eigenvalue weighted by Crippen LogP contribution is 2.30. The molecule has 0 bridgehead atoms. The molecule has 2 atom stereocenters. The van der Waals surface area contributed by atoms with Crippen LogP contribution in [0.1, 0.15) is 52.4 Å². The maximum Gasteiger partial charge on any atom is 0.326 e. The summed E-state index contributed by atoms with van der Waals surface area (Å²) in [5, 5.41) is 11.7. The highest BCUT2D eigenvalue weighted by molar-refractivity contribution is 5.84. The minimum absolute atomic E-state index is 0.101. The molecule has 1 amide bonds. The molecule has 0 heterocycles. The van der Waals surface area contributed by atoms with Gasteiger partial charge in [-0.1, -0.05) is 44.8 Å². The van der Waals surface area contributed by atoms with Gasteiger partial charge in [0.1, 0.15) is 6.04 Å². The van der Waals surface area contributed by atoms with Crippen molar-refractivity contribution in [3.05, 3.63) is 12.2 Å². The third kappa shape index (κ3) is 5.45. The summed E-state index contributed by atoms with van der Waals surface area (Å²) in [4.78, 5) is 23.1. The topological polar surface area (TPSA) is 66.4 Å². The van der Waals surface area contributed by atoms with Crippen LogP contribution in [0, 0.1) is 11.8 Å². The van der Waals surface area contributed by atoms with E-state index in [1.165, 1.54) is 25.7 Å². The van der Waals surface area contributed by atoms with Crippen LogP contribution >= 0.6 is 0 Å². The predicted octanol–water partition coefficient (Wildman–Crippen LogP) is 2.74. The highest BCUT2D eigenvalue weighted by atomic mass is 16.4. The van der Waals surface area contributed by atoms with E-state index in [1.807, 2.05) is 13.8 Å². The van der Waals surface area contributed by atoms with Gasteiger partial charge in [-0.15, -0.1) is 0 Å². The van der Waals surface area contributed by atoms with Gasteiger partial charge in [0.2, 0.25) is 5.91 Å². The lowest BCUT2D eigenvalue weighted by molar-refractivity contribution is -0.142. The van der Waals surface area contributed by atoms with E-state index in [4.69, 9.17) is 5.11 Å². The van der Waals surface area contributed by atoms with Crippen LogP contribution in [0.15, 0.2) is 12.2 Å². The van der Waals surface area contributed by atoms with Crippen molar-refractivity contribution in [2.24, 2.45) is 11.8 Å². The molecule has 0 aromatic carbocycles. The van der Waals surface area contributed by atoms with Crippen molar-refractivity contribution in [1.82, 2.24) is 5.32 Å². The molecule has 1 aliphatic rings. The maximum atomic E-state index is 12.0. The van der Waals surface area contributed by atoms with Crippen molar-refractivity contribution >= 4 is 11.9 Å². The first kappa shape index (κ1) is 15.7. The molecule has 19 heavy (non-hydrogen) atoms. The zero-order valence-electron chi connectivity index (χ0n) is 11.9. The van der Waals surface area contributed by atoms with E-state index in [9.17, 15) is 9.59 Å². The summed E-state index contributed by atoms with van der Waals surface area (Å²) < 4.78 is 0. The molecule has 0 aromatic rings. The molecule has 2 N–H and O–H groups in total. The van der Waals surface area contributed by atoms with Crippen molar-refractivity contribution in [2.75, 3.05) is 0 Å². The number of hydrogen-bond donors (Lipinski definition) is 2. The quantitative estimate of drug-likeness (QED) is 0.697. The van der Waals surface area contributed by atoms with Gasteiger partial charge in [0.15, 0.2) is 0 Å². The molecule has 0 saturated heterocycles. The van der Waals surface area contributed by atoms with Gasteiger partial charge in [-0.05, 0) is 25.7 Å². The van der Waals surface area contributed by atoms with Gasteiger partial charge < -0.3 is 10.4 Å². The Morgan fingerprint density at radius 3 is 2.53 bits per heavy atom. The number of hydrogen-bond acceptors (Lipinski definition) is 2. The predicted molar refractivity (Wildman–Crippen MR) is 74.7 cm³/mol. The van der Waals surface area contributed by atoms with Crippen LogP contribution in [0.2, 0.25) is 0 Å². The highest BCUT2D eigenvalue weighted by Gasteiger charge is 2.25. The van der Waals surface area contributed by atoms with Crippen molar-refractivity contribution in [3.63, 3.8) is 0 Å². The fourth-order valence-corrected chi connectivity index (χ4v) is 2.66. The first-order chi connectivity index (χ1) is 9.04. The largest absolute Gasteiger partial charge is 0.480 e. The van der Waals surface area contributed by atoms with Crippen LogP contribution in [-0.4, -0.2) is 23.0 Å². The summed E-state index contributed by atoms with van der Waals surface area (Å²) in [6.45, 7) is 3.73. The Bertz CT molecular complexity index is 332. The van der Waals surface area contributed by atoms with Gasteiger partial charge in [0.25, 0.3) is 0 Å². The van der Waals surface area contributed by atoms with Crippen LogP contribution in [0.4, 0.5) is 0 Å². The van der Waals surface area contributed by atoms with Crippen molar-refractivity contribution in [1.29, 1.82) is 0 Å². The van der Waals surface area contributed by atoms with Gasteiger partial charge in [-0.25, -0.2) is 4.79 Å². The molecular weight excluding hydrogens is 242 g/mol. The molecule has 1 fully saturated rings. The van der Waals surface area contributed by atoms with Gasteiger partial charge in [0.05, 0.1) is 0 Å². The van der Waals surface area contributed by atoms with E-state index in [0.717, 1.165) is 6.42 Å². The minimum Gasteiger partial charge on any atom is -0.480 e. The van der Waals surface area contributed by atoms with E-state index < -0.39 is 12.0 Å². The molecule has 0 spiro atoms. The second-order valence-corrected chi connectivity index (χ2v) is 5.49. The second kappa shape index (κ2) is 7.97. The van der Waals surface area contributed by atoms with Crippen LogP contribution < -0.4 is 5.32 Å². The SMILES string of the molecule is C/C=C/CC(NC(=O)C(C)CC1CCCC1)C(=O)O. The number of carboxylic acid groups (broad SMARTS) is 1. The molecule has 108 valence electrons. The number of carbonyl (C=O) groups excluding carboxylic acids is 1. The molecule has 0 aromatic heterocycles. The monoisotopic (exact) mass is 267 g/mol. The third-order valence-corrected chi connectivity index (χ3v) is 3.83. The number of rotatable bonds is 7. The summed E-state index contributed by atoms with van der Waals surface area (Å²) >= 11 is 0. The number of carboxylic acids is 1. The molecule has 4 heteroatoms. The fourth-order valence-electron chi connectivity index (χ4n) is 2.66. The van der Waals surface area contributed by atoms with Crippen molar-refractivity contribution in [2.45, 2.75) is 58.4 Å². The summed E-state index contributed by atoms with van der Waals surface area (Å²) in [7, 11) is 0. The molecular formula is C15H25NO3. The molecule has 2 unspecified atom stereocenters. The average Bonchev–Trinajstić information content (AvgIpc) is 2.86. The number of allylic oxidation sites excluding steroid dienone is 1. The van der Waals surface area contributed by atoms with E-state index in [-0.39, 0.29) is 11.8 Å². The Labute approximate surface area is 115 Å². The van der Waals surface area contributed by atoms with Crippen LogP contribution in [0.3, 0.4) is 0 Å². The van der Waals surface area contributed by atoms with Gasteiger partial charge >= 0.3 is 5.97 Å². The fraction of sp³-hybridized carbons (Fsp3) is 0.733. The maximum absolute atomic E-state index is 12.0. The van der Waals surface area contributed by atoms with Crippen molar-refractivity contribution in [3.8, 4) is 0 Å². The molecule has 1 rings (SSSR count). The molecule has 1 saturated carbocycles.